The molecule has 0 aliphatic rings. The Morgan fingerprint density at radius 1 is 1.20 bits per heavy atom. The maximum atomic E-state index is 12.9. The molecule has 0 spiro atoms. The Kier molecular flexibility index (Phi) is 4.61. The monoisotopic (exact) mass is 341 g/mol. The lowest BCUT2D eigenvalue weighted by atomic mass is 10.0. The largest absolute Gasteiger partial charge is 0.466 e. The number of carbonyl (C=O) groups excluding carboxylic acids is 1. The van der Waals surface area contributed by atoms with Crippen LogP contribution in [-0.2, 0) is 0 Å². The average molecular weight is 341 g/mol. The summed E-state index contributed by atoms with van der Waals surface area (Å²) >= 11 is 0. The fraction of sp³-hybridized carbons (Fsp3) is 0.421. The van der Waals surface area contributed by atoms with Gasteiger partial charge in [-0.1, -0.05) is 19.0 Å². The van der Waals surface area contributed by atoms with E-state index < -0.39 is 0 Å². The molecule has 6 heteroatoms. The third-order valence-corrected chi connectivity index (χ3v) is 4.50. The molecule has 3 rings (SSSR count). The van der Waals surface area contributed by atoms with Gasteiger partial charge in [0.15, 0.2) is 0 Å². The molecule has 3 heterocycles. The molecule has 0 aliphatic carbocycles. The summed E-state index contributed by atoms with van der Waals surface area (Å²) in [6.07, 6.45) is 1.76. The topological polar surface area (TPSA) is 81.2 Å². The molecule has 6 nitrogen and oxygen atoms in total. The van der Waals surface area contributed by atoms with Gasteiger partial charge in [0.25, 0.3) is 11.6 Å². The lowest BCUT2D eigenvalue weighted by molar-refractivity contribution is 0.0936. The molecule has 3 aromatic rings. The smallest absolute Gasteiger partial charge is 0.259 e. The molecule has 0 bridgehead atoms. The SMILES string of the molecule is CCC(CC)NC(=O)c1cc(-c2cc(C)oc2C)nc2onc(C)c12. The van der Waals surface area contributed by atoms with E-state index in [4.69, 9.17) is 8.94 Å². The van der Waals surface area contributed by atoms with E-state index in [1.165, 1.54) is 0 Å². The Morgan fingerprint density at radius 2 is 1.92 bits per heavy atom. The van der Waals surface area contributed by atoms with Crippen molar-refractivity contribution >= 4 is 17.0 Å². The van der Waals surface area contributed by atoms with Crippen LogP contribution >= 0.6 is 0 Å². The summed E-state index contributed by atoms with van der Waals surface area (Å²) in [5, 5.41) is 7.72. The highest BCUT2D eigenvalue weighted by molar-refractivity contribution is 6.07. The summed E-state index contributed by atoms with van der Waals surface area (Å²) in [7, 11) is 0. The molecule has 0 aliphatic heterocycles. The van der Waals surface area contributed by atoms with Crippen molar-refractivity contribution in [3.8, 4) is 11.3 Å². The van der Waals surface area contributed by atoms with E-state index in [9.17, 15) is 4.79 Å². The van der Waals surface area contributed by atoms with Gasteiger partial charge in [-0.25, -0.2) is 4.98 Å². The van der Waals surface area contributed by atoms with E-state index in [1.807, 2.05) is 26.8 Å². The molecular formula is C19H23N3O3. The number of aryl methyl sites for hydroxylation is 3. The molecule has 1 amide bonds. The van der Waals surface area contributed by atoms with Crippen molar-refractivity contribution in [3.05, 3.63) is 34.9 Å². The maximum Gasteiger partial charge on any atom is 0.259 e. The molecule has 1 N–H and O–H groups in total. The van der Waals surface area contributed by atoms with Crippen LogP contribution in [0.1, 0.15) is 54.3 Å². The molecule has 0 fully saturated rings. The normalized spacial score (nSPS) is 11.4. The highest BCUT2D eigenvalue weighted by Crippen LogP contribution is 2.30. The van der Waals surface area contributed by atoms with Gasteiger partial charge in [-0.3, -0.25) is 4.79 Å². The number of furan rings is 1. The Balaban J connectivity index is 2.14. The summed E-state index contributed by atoms with van der Waals surface area (Å²) in [5.74, 6) is 1.42. The van der Waals surface area contributed by atoms with Gasteiger partial charge in [0.05, 0.1) is 22.3 Å². The fourth-order valence-electron chi connectivity index (χ4n) is 3.05. The van der Waals surface area contributed by atoms with Crippen molar-refractivity contribution in [2.45, 2.75) is 53.5 Å². The van der Waals surface area contributed by atoms with Crippen molar-refractivity contribution in [1.29, 1.82) is 0 Å². The third kappa shape index (κ3) is 3.16. The summed E-state index contributed by atoms with van der Waals surface area (Å²) in [6, 6.07) is 3.84. The summed E-state index contributed by atoms with van der Waals surface area (Å²) in [4.78, 5) is 17.4. The maximum absolute atomic E-state index is 12.9. The van der Waals surface area contributed by atoms with Crippen LogP contribution in [-0.4, -0.2) is 22.1 Å². The summed E-state index contributed by atoms with van der Waals surface area (Å²) < 4.78 is 10.9. The number of nitrogens with one attached hydrogen (secondary N) is 1. The van der Waals surface area contributed by atoms with E-state index in [0.29, 0.717) is 28.1 Å². The molecule has 132 valence electrons. The number of hydrogen-bond donors (Lipinski definition) is 1. The van der Waals surface area contributed by atoms with Crippen LogP contribution in [0.25, 0.3) is 22.4 Å². The zero-order valence-electron chi connectivity index (χ0n) is 15.3. The minimum atomic E-state index is -0.133. The molecule has 0 atom stereocenters. The second kappa shape index (κ2) is 6.70. The van der Waals surface area contributed by atoms with Gasteiger partial charge in [-0.15, -0.1) is 0 Å². The zero-order chi connectivity index (χ0) is 18.1. The number of nitrogens with zero attached hydrogens (tertiary/aromatic N) is 2. The van der Waals surface area contributed by atoms with Crippen molar-refractivity contribution < 1.29 is 13.7 Å². The molecule has 0 saturated carbocycles. The van der Waals surface area contributed by atoms with Crippen molar-refractivity contribution in [2.24, 2.45) is 0 Å². The van der Waals surface area contributed by atoms with Crippen molar-refractivity contribution in [3.63, 3.8) is 0 Å². The van der Waals surface area contributed by atoms with Gasteiger partial charge >= 0.3 is 0 Å². The lowest BCUT2D eigenvalue weighted by Gasteiger charge is -2.15. The number of carbonyl (C=O) groups is 1. The number of rotatable bonds is 5. The van der Waals surface area contributed by atoms with Crippen LogP contribution < -0.4 is 5.32 Å². The average Bonchev–Trinajstić information content (AvgIpc) is 3.13. The van der Waals surface area contributed by atoms with Gasteiger partial charge in [0.2, 0.25) is 0 Å². The highest BCUT2D eigenvalue weighted by Gasteiger charge is 2.22. The standard InChI is InChI=1S/C19H23N3O3/c1-6-13(7-2)20-18(23)15-9-16(14-8-10(3)24-12(14)5)21-19-17(15)11(4)22-25-19/h8-9,13H,6-7H2,1-5H3,(H,20,23). The number of amides is 1. The number of fused-ring (bicyclic) bond motifs is 1. The molecule has 3 aromatic heterocycles. The highest BCUT2D eigenvalue weighted by atomic mass is 16.5. The summed E-state index contributed by atoms with van der Waals surface area (Å²) in [5.41, 5.74) is 3.05. The van der Waals surface area contributed by atoms with Gasteiger partial charge in [-0.05, 0) is 45.7 Å². The first-order chi connectivity index (χ1) is 11.9. The van der Waals surface area contributed by atoms with Crippen LogP contribution in [0.4, 0.5) is 0 Å². The Bertz CT molecular complexity index is 920. The van der Waals surface area contributed by atoms with E-state index in [-0.39, 0.29) is 11.9 Å². The van der Waals surface area contributed by atoms with Gasteiger partial charge < -0.3 is 14.3 Å². The lowest BCUT2D eigenvalue weighted by Crippen LogP contribution is -2.34. The Labute approximate surface area is 146 Å². The number of aromatic nitrogens is 2. The van der Waals surface area contributed by atoms with Gasteiger partial charge in [0, 0.05) is 11.6 Å². The molecule has 0 unspecified atom stereocenters. The summed E-state index contributed by atoms with van der Waals surface area (Å²) in [6.45, 7) is 9.70. The van der Waals surface area contributed by atoms with Crippen molar-refractivity contribution in [1.82, 2.24) is 15.5 Å². The zero-order valence-corrected chi connectivity index (χ0v) is 15.3. The van der Waals surface area contributed by atoms with Gasteiger partial charge in [0.1, 0.15) is 11.5 Å². The Morgan fingerprint density at radius 3 is 2.52 bits per heavy atom. The fourth-order valence-corrected chi connectivity index (χ4v) is 3.05. The first-order valence-electron chi connectivity index (χ1n) is 8.59. The van der Waals surface area contributed by atoms with E-state index in [2.05, 4.69) is 29.3 Å². The van der Waals surface area contributed by atoms with Crippen LogP contribution in [0.5, 0.6) is 0 Å². The molecule has 25 heavy (non-hydrogen) atoms. The molecular weight excluding hydrogens is 318 g/mol. The van der Waals surface area contributed by atoms with E-state index in [0.717, 1.165) is 29.9 Å². The molecule has 0 radical (unpaired) electrons. The minimum Gasteiger partial charge on any atom is -0.466 e. The molecule has 0 aromatic carbocycles. The second-order valence-corrected chi connectivity index (χ2v) is 6.32. The minimum absolute atomic E-state index is 0.133. The predicted molar refractivity (Wildman–Crippen MR) is 95.6 cm³/mol. The predicted octanol–water partition coefficient (Wildman–Crippen LogP) is 4.33. The van der Waals surface area contributed by atoms with Crippen molar-refractivity contribution in [2.75, 3.05) is 0 Å². The molecule has 0 saturated heterocycles. The second-order valence-electron chi connectivity index (χ2n) is 6.32. The van der Waals surface area contributed by atoms with Crippen LogP contribution in [0.2, 0.25) is 0 Å². The first kappa shape index (κ1) is 17.2. The van der Waals surface area contributed by atoms with Crippen LogP contribution in [0, 0.1) is 20.8 Å². The number of hydrogen-bond acceptors (Lipinski definition) is 5. The third-order valence-electron chi connectivity index (χ3n) is 4.50. The quantitative estimate of drug-likeness (QED) is 0.747. The van der Waals surface area contributed by atoms with E-state index >= 15 is 0 Å². The van der Waals surface area contributed by atoms with Gasteiger partial charge in [-0.2, -0.15) is 0 Å². The van der Waals surface area contributed by atoms with Crippen LogP contribution in [0.15, 0.2) is 21.1 Å². The first-order valence-corrected chi connectivity index (χ1v) is 8.59. The van der Waals surface area contributed by atoms with Crippen LogP contribution in [0.3, 0.4) is 0 Å². The Hall–Kier alpha value is -2.63. The number of pyridine rings is 1. The van der Waals surface area contributed by atoms with E-state index in [1.54, 1.807) is 6.07 Å².